The summed E-state index contributed by atoms with van der Waals surface area (Å²) in [5.74, 6) is 0.0830. The van der Waals surface area contributed by atoms with Gasteiger partial charge in [0.05, 0.1) is 0 Å². The van der Waals surface area contributed by atoms with E-state index in [1.165, 1.54) is 16.3 Å². The van der Waals surface area contributed by atoms with Gasteiger partial charge >= 0.3 is 0 Å². The van der Waals surface area contributed by atoms with Gasteiger partial charge in [-0.1, -0.05) is 83.9 Å². The van der Waals surface area contributed by atoms with Gasteiger partial charge in [0.15, 0.2) is 5.78 Å². The van der Waals surface area contributed by atoms with Crippen LogP contribution in [0, 0.1) is 0 Å². The molecule has 2 nitrogen and oxygen atoms in total. The molecule has 4 heteroatoms. The van der Waals surface area contributed by atoms with E-state index in [0.29, 0.717) is 23.1 Å². The summed E-state index contributed by atoms with van der Waals surface area (Å²) in [7, 11) is 0. The van der Waals surface area contributed by atoms with Crippen molar-refractivity contribution in [3.8, 4) is 0 Å². The number of ketones is 1. The Morgan fingerprint density at radius 3 is 1.76 bits per heavy atom. The van der Waals surface area contributed by atoms with Gasteiger partial charge in [0.2, 0.25) is 0 Å². The highest BCUT2D eigenvalue weighted by Gasteiger charge is 2.26. The summed E-state index contributed by atoms with van der Waals surface area (Å²) in [6.07, 6.45) is 3.95. The molecule has 0 saturated carbocycles. The van der Waals surface area contributed by atoms with E-state index in [2.05, 4.69) is 47.4 Å². The van der Waals surface area contributed by atoms with Gasteiger partial charge in [-0.3, -0.25) is 9.69 Å². The van der Waals surface area contributed by atoms with Crippen LogP contribution in [0.3, 0.4) is 0 Å². The van der Waals surface area contributed by atoms with Crippen LogP contribution >= 0.6 is 23.2 Å². The molecule has 1 fully saturated rings. The minimum Gasteiger partial charge on any atom is -0.290 e. The van der Waals surface area contributed by atoms with Gasteiger partial charge in [-0.2, -0.15) is 0 Å². The zero-order chi connectivity index (χ0) is 23.5. The fraction of sp³-hybridized carbons (Fsp3) is 0.100. The number of rotatable bonds is 4. The molecule has 34 heavy (non-hydrogen) atoms. The van der Waals surface area contributed by atoms with Crippen LogP contribution in [0.15, 0.2) is 102 Å². The van der Waals surface area contributed by atoms with Crippen LogP contribution in [0.4, 0.5) is 0 Å². The van der Waals surface area contributed by atoms with Gasteiger partial charge in [-0.05, 0) is 69.9 Å². The Morgan fingerprint density at radius 1 is 0.676 bits per heavy atom. The van der Waals surface area contributed by atoms with Crippen LogP contribution in [-0.4, -0.2) is 23.8 Å². The van der Waals surface area contributed by atoms with Crippen LogP contribution in [0.5, 0.6) is 0 Å². The van der Waals surface area contributed by atoms with Gasteiger partial charge in [0, 0.05) is 40.8 Å². The zero-order valence-electron chi connectivity index (χ0n) is 18.5. The van der Waals surface area contributed by atoms with Crippen LogP contribution in [0.25, 0.3) is 22.9 Å². The van der Waals surface area contributed by atoms with Crippen molar-refractivity contribution in [2.24, 2.45) is 0 Å². The van der Waals surface area contributed by atoms with E-state index in [1.807, 2.05) is 60.7 Å². The lowest BCUT2D eigenvalue weighted by atomic mass is 9.93. The first-order valence-corrected chi connectivity index (χ1v) is 12.0. The third kappa shape index (κ3) is 5.31. The van der Waals surface area contributed by atoms with E-state index in [0.717, 1.165) is 28.8 Å². The van der Waals surface area contributed by atoms with Gasteiger partial charge in [0.25, 0.3) is 0 Å². The summed E-state index contributed by atoms with van der Waals surface area (Å²) in [6.45, 7) is 1.94. The summed E-state index contributed by atoms with van der Waals surface area (Å²) >= 11 is 12.1. The van der Waals surface area contributed by atoms with Crippen molar-refractivity contribution >= 4 is 51.9 Å². The third-order valence-electron chi connectivity index (χ3n) is 6.01. The van der Waals surface area contributed by atoms with Gasteiger partial charge in [0.1, 0.15) is 0 Å². The molecule has 168 valence electrons. The molecule has 1 heterocycles. The van der Waals surface area contributed by atoms with E-state index in [4.69, 9.17) is 23.2 Å². The van der Waals surface area contributed by atoms with E-state index >= 15 is 0 Å². The predicted octanol–water partition coefficient (Wildman–Crippen LogP) is 7.70. The van der Waals surface area contributed by atoms with E-state index in [9.17, 15) is 4.79 Å². The average Bonchev–Trinajstić information content (AvgIpc) is 2.84. The largest absolute Gasteiger partial charge is 0.290 e. The molecule has 1 saturated heterocycles. The number of hydrogen-bond donors (Lipinski definition) is 0. The fourth-order valence-corrected chi connectivity index (χ4v) is 4.59. The van der Waals surface area contributed by atoms with Gasteiger partial charge in [-0.25, -0.2) is 0 Å². The van der Waals surface area contributed by atoms with E-state index in [1.54, 1.807) is 0 Å². The van der Waals surface area contributed by atoms with Crippen molar-refractivity contribution < 1.29 is 4.79 Å². The summed E-state index contributed by atoms with van der Waals surface area (Å²) in [5, 5.41) is 3.81. The Kier molecular flexibility index (Phi) is 6.64. The Hall–Kier alpha value is -3.17. The molecule has 0 bridgehead atoms. The first-order valence-electron chi connectivity index (χ1n) is 11.2. The number of carbonyl (C=O) groups excluding carboxylic acids is 1. The smallest absolute Gasteiger partial charge is 0.187 e. The number of benzene rings is 4. The average molecular weight is 484 g/mol. The lowest BCUT2D eigenvalue weighted by Crippen LogP contribution is -2.37. The minimum atomic E-state index is 0.0830. The van der Waals surface area contributed by atoms with Crippen LogP contribution in [0.1, 0.15) is 16.7 Å². The first-order chi connectivity index (χ1) is 16.5. The molecular formula is C30H23Cl2NO. The van der Waals surface area contributed by atoms with Crippen molar-refractivity contribution in [1.29, 1.82) is 0 Å². The van der Waals surface area contributed by atoms with Crippen molar-refractivity contribution in [1.82, 2.24) is 4.90 Å². The molecule has 4 aromatic rings. The van der Waals surface area contributed by atoms with Crippen molar-refractivity contribution in [2.75, 3.05) is 13.1 Å². The monoisotopic (exact) mass is 483 g/mol. The highest BCUT2D eigenvalue weighted by molar-refractivity contribution is 6.30. The molecule has 4 aromatic carbocycles. The summed E-state index contributed by atoms with van der Waals surface area (Å²) in [4.78, 5) is 15.7. The number of nitrogens with zero attached hydrogens (tertiary/aromatic N) is 1. The summed E-state index contributed by atoms with van der Waals surface area (Å²) < 4.78 is 0. The number of hydrogen-bond acceptors (Lipinski definition) is 2. The molecule has 0 N–H and O–H groups in total. The SMILES string of the molecule is O=C1/C(=C/c2ccc(Cl)cc2)CN(Cc2ccc3ccccc3c2)C/C1=C\c1ccc(Cl)cc1. The molecular weight excluding hydrogens is 461 g/mol. The normalized spacial score (nSPS) is 17.1. The molecule has 0 aliphatic carbocycles. The fourth-order valence-electron chi connectivity index (χ4n) is 4.34. The summed E-state index contributed by atoms with van der Waals surface area (Å²) in [5.41, 5.74) is 4.70. The highest BCUT2D eigenvalue weighted by Crippen LogP contribution is 2.25. The molecule has 0 unspecified atom stereocenters. The van der Waals surface area contributed by atoms with Crippen molar-refractivity contribution in [2.45, 2.75) is 6.54 Å². The first kappa shape index (κ1) is 22.6. The molecule has 0 atom stereocenters. The van der Waals surface area contributed by atoms with Crippen LogP contribution in [-0.2, 0) is 11.3 Å². The molecule has 0 amide bonds. The molecule has 0 spiro atoms. The van der Waals surface area contributed by atoms with Crippen molar-refractivity contribution in [3.63, 3.8) is 0 Å². The van der Waals surface area contributed by atoms with E-state index in [-0.39, 0.29) is 5.78 Å². The lowest BCUT2D eigenvalue weighted by molar-refractivity contribution is -0.113. The number of likely N-dealkylation sites (tertiary alicyclic amines) is 1. The highest BCUT2D eigenvalue weighted by atomic mass is 35.5. The Bertz CT molecular complexity index is 1330. The molecule has 0 aromatic heterocycles. The standard InChI is InChI=1S/C30H23Cl2NO/c31-28-11-6-21(7-12-28)15-26-19-33(18-23-5-10-24-3-1-2-4-25(24)17-23)20-27(30(26)34)16-22-8-13-29(32)14-9-22/h1-17H,18-20H2/b26-15+,27-16+. The Morgan fingerprint density at radius 2 is 1.21 bits per heavy atom. The maximum absolute atomic E-state index is 13.4. The van der Waals surface area contributed by atoms with Crippen molar-refractivity contribution in [3.05, 3.63) is 129 Å². The quantitative estimate of drug-likeness (QED) is 0.277. The number of fused-ring (bicyclic) bond motifs is 1. The second kappa shape index (κ2) is 9.99. The number of carbonyl (C=O) groups is 1. The second-order valence-corrected chi connectivity index (χ2v) is 9.47. The van der Waals surface area contributed by atoms with Gasteiger partial charge < -0.3 is 0 Å². The molecule has 5 rings (SSSR count). The number of halogens is 2. The molecule has 1 aliphatic heterocycles. The number of piperidine rings is 1. The number of Topliss-reactive ketones (excluding diaryl/α,β-unsaturated/α-hetero) is 1. The topological polar surface area (TPSA) is 20.3 Å². The Balaban J connectivity index is 1.48. The zero-order valence-corrected chi connectivity index (χ0v) is 20.1. The molecule has 1 aliphatic rings. The predicted molar refractivity (Wildman–Crippen MR) is 143 cm³/mol. The Labute approximate surface area is 209 Å². The van der Waals surface area contributed by atoms with Crippen LogP contribution in [0.2, 0.25) is 10.0 Å². The van der Waals surface area contributed by atoms with Crippen LogP contribution < -0.4 is 0 Å². The maximum atomic E-state index is 13.4. The second-order valence-electron chi connectivity index (χ2n) is 8.60. The third-order valence-corrected chi connectivity index (χ3v) is 6.52. The maximum Gasteiger partial charge on any atom is 0.187 e. The van der Waals surface area contributed by atoms with E-state index < -0.39 is 0 Å². The lowest BCUT2D eigenvalue weighted by Gasteiger charge is -2.30. The van der Waals surface area contributed by atoms with Gasteiger partial charge in [-0.15, -0.1) is 0 Å². The summed E-state index contributed by atoms with van der Waals surface area (Å²) in [6, 6.07) is 30.1. The minimum absolute atomic E-state index is 0.0830. The molecule has 0 radical (unpaired) electrons.